The summed E-state index contributed by atoms with van der Waals surface area (Å²) in [7, 11) is 0. The van der Waals surface area contributed by atoms with Crippen molar-refractivity contribution in [2.75, 3.05) is 19.6 Å². The van der Waals surface area contributed by atoms with Crippen LogP contribution in [0, 0.1) is 0 Å². The Morgan fingerprint density at radius 1 is 1.50 bits per heavy atom. The summed E-state index contributed by atoms with van der Waals surface area (Å²) in [6, 6.07) is 1.48. The first-order chi connectivity index (χ1) is 5.25. The SMILES string of the molecule is CC[C@@H]1CNCCN1C(C)C.Cl. The van der Waals surface area contributed by atoms with Crippen LogP contribution in [0.25, 0.3) is 0 Å². The molecule has 0 bridgehead atoms. The summed E-state index contributed by atoms with van der Waals surface area (Å²) >= 11 is 0. The van der Waals surface area contributed by atoms with E-state index in [0.717, 1.165) is 12.6 Å². The van der Waals surface area contributed by atoms with Crippen LogP contribution in [-0.4, -0.2) is 36.6 Å². The zero-order valence-electron chi connectivity index (χ0n) is 8.34. The van der Waals surface area contributed by atoms with Crippen molar-refractivity contribution in [1.82, 2.24) is 10.2 Å². The summed E-state index contributed by atoms with van der Waals surface area (Å²) in [4.78, 5) is 2.59. The summed E-state index contributed by atoms with van der Waals surface area (Å²) in [6.45, 7) is 10.4. The molecule has 0 saturated carbocycles. The Labute approximate surface area is 82.1 Å². The standard InChI is InChI=1S/C9H20N2.ClH/c1-4-9-7-10-5-6-11(9)8(2)3;/h8-10H,4-7H2,1-3H3;1H/t9-;/m1./s1. The van der Waals surface area contributed by atoms with Crippen LogP contribution < -0.4 is 5.32 Å². The Bertz CT molecular complexity index is 117. The molecule has 0 aromatic carbocycles. The number of halogens is 1. The van der Waals surface area contributed by atoms with Gasteiger partial charge in [-0.15, -0.1) is 12.4 Å². The summed E-state index contributed by atoms with van der Waals surface area (Å²) in [6.07, 6.45) is 1.27. The van der Waals surface area contributed by atoms with E-state index in [1.54, 1.807) is 0 Å². The molecule has 0 amide bonds. The molecule has 0 unspecified atom stereocenters. The van der Waals surface area contributed by atoms with Crippen LogP contribution in [-0.2, 0) is 0 Å². The zero-order valence-corrected chi connectivity index (χ0v) is 9.16. The maximum atomic E-state index is 3.43. The lowest BCUT2D eigenvalue weighted by atomic mass is 10.1. The molecule has 1 atom stereocenters. The number of nitrogens with zero attached hydrogens (tertiary/aromatic N) is 1. The van der Waals surface area contributed by atoms with Crippen molar-refractivity contribution in [2.45, 2.75) is 39.3 Å². The van der Waals surface area contributed by atoms with Gasteiger partial charge < -0.3 is 5.32 Å². The molecule has 0 aromatic heterocycles. The normalized spacial score (nSPS) is 25.5. The summed E-state index contributed by atoms with van der Waals surface area (Å²) < 4.78 is 0. The van der Waals surface area contributed by atoms with E-state index >= 15 is 0 Å². The molecule has 1 N–H and O–H groups in total. The minimum absolute atomic E-state index is 0. The molecule has 74 valence electrons. The van der Waals surface area contributed by atoms with E-state index in [9.17, 15) is 0 Å². The molecule has 1 aliphatic heterocycles. The highest BCUT2D eigenvalue weighted by Gasteiger charge is 2.21. The molecular formula is C9H21ClN2. The fraction of sp³-hybridized carbons (Fsp3) is 1.00. The predicted molar refractivity (Wildman–Crippen MR) is 56.0 cm³/mol. The third kappa shape index (κ3) is 2.92. The van der Waals surface area contributed by atoms with Crippen LogP contribution in [0.2, 0.25) is 0 Å². The Morgan fingerprint density at radius 2 is 2.17 bits per heavy atom. The topological polar surface area (TPSA) is 15.3 Å². The van der Waals surface area contributed by atoms with Gasteiger partial charge in [-0.2, -0.15) is 0 Å². The molecule has 3 heteroatoms. The van der Waals surface area contributed by atoms with E-state index in [1.807, 2.05) is 0 Å². The lowest BCUT2D eigenvalue weighted by molar-refractivity contribution is 0.120. The average molecular weight is 193 g/mol. The quantitative estimate of drug-likeness (QED) is 0.714. The second-order valence-corrected chi connectivity index (χ2v) is 3.60. The van der Waals surface area contributed by atoms with Gasteiger partial charge in [-0.05, 0) is 20.3 Å². The third-order valence-corrected chi connectivity index (χ3v) is 2.53. The van der Waals surface area contributed by atoms with E-state index in [4.69, 9.17) is 0 Å². The molecule has 2 nitrogen and oxygen atoms in total. The van der Waals surface area contributed by atoms with Crippen LogP contribution in [0.5, 0.6) is 0 Å². The van der Waals surface area contributed by atoms with Crippen molar-refractivity contribution < 1.29 is 0 Å². The van der Waals surface area contributed by atoms with Gasteiger partial charge in [0.1, 0.15) is 0 Å². The monoisotopic (exact) mass is 192 g/mol. The highest BCUT2D eigenvalue weighted by atomic mass is 35.5. The van der Waals surface area contributed by atoms with Crippen LogP contribution in [0.1, 0.15) is 27.2 Å². The van der Waals surface area contributed by atoms with Gasteiger partial charge in [0.15, 0.2) is 0 Å². The lowest BCUT2D eigenvalue weighted by Crippen LogP contribution is -2.53. The maximum Gasteiger partial charge on any atom is 0.0221 e. The van der Waals surface area contributed by atoms with Crippen molar-refractivity contribution in [3.8, 4) is 0 Å². The number of hydrogen-bond acceptors (Lipinski definition) is 2. The molecule has 0 aromatic rings. The van der Waals surface area contributed by atoms with Gasteiger partial charge in [-0.25, -0.2) is 0 Å². The van der Waals surface area contributed by atoms with Crippen LogP contribution in [0.15, 0.2) is 0 Å². The van der Waals surface area contributed by atoms with Crippen LogP contribution >= 0.6 is 12.4 Å². The highest BCUT2D eigenvalue weighted by Crippen LogP contribution is 2.10. The molecule has 0 aliphatic carbocycles. The highest BCUT2D eigenvalue weighted by molar-refractivity contribution is 5.85. The number of piperazine rings is 1. The van der Waals surface area contributed by atoms with Crippen molar-refractivity contribution >= 4 is 12.4 Å². The molecule has 0 spiro atoms. The minimum Gasteiger partial charge on any atom is -0.314 e. The fourth-order valence-corrected chi connectivity index (χ4v) is 1.84. The first kappa shape index (κ1) is 12.2. The van der Waals surface area contributed by atoms with Gasteiger partial charge >= 0.3 is 0 Å². The van der Waals surface area contributed by atoms with Crippen LogP contribution in [0.3, 0.4) is 0 Å². The van der Waals surface area contributed by atoms with Gasteiger partial charge in [-0.3, -0.25) is 4.90 Å². The van der Waals surface area contributed by atoms with Gasteiger partial charge in [0, 0.05) is 31.7 Å². The Balaban J connectivity index is 0.00000121. The molecule has 1 aliphatic rings. The van der Waals surface area contributed by atoms with Gasteiger partial charge in [-0.1, -0.05) is 6.92 Å². The van der Waals surface area contributed by atoms with E-state index in [-0.39, 0.29) is 12.4 Å². The molecule has 12 heavy (non-hydrogen) atoms. The van der Waals surface area contributed by atoms with Crippen molar-refractivity contribution in [3.63, 3.8) is 0 Å². The summed E-state index contributed by atoms with van der Waals surface area (Å²) in [5.41, 5.74) is 0. The minimum atomic E-state index is 0. The summed E-state index contributed by atoms with van der Waals surface area (Å²) in [5.74, 6) is 0. The lowest BCUT2D eigenvalue weighted by Gasteiger charge is -2.38. The largest absolute Gasteiger partial charge is 0.314 e. The number of nitrogens with one attached hydrogen (secondary N) is 1. The number of hydrogen-bond donors (Lipinski definition) is 1. The third-order valence-electron chi connectivity index (χ3n) is 2.53. The van der Waals surface area contributed by atoms with Crippen molar-refractivity contribution in [3.05, 3.63) is 0 Å². The molecule has 0 radical (unpaired) electrons. The van der Waals surface area contributed by atoms with E-state index in [2.05, 4.69) is 31.0 Å². The van der Waals surface area contributed by atoms with Crippen molar-refractivity contribution in [2.24, 2.45) is 0 Å². The van der Waals surface area contributed by atoms with Crippen molar-refractivity contribution in [1.29, 1.82) is 0 Å². The molecule has 1 heterocycles. The zero-order chi connectivity index (χ0) is 8.27. The maximum absolute atomic E-state index is 3.43. The summed E-state index contributed by atoms with van der Waals surface area (Å²) in [5, 5.41) is 3.43. The van der Waals surface area contributed by atoms with Gasteiger partial charge in [0.25, 0.3) is 0 Å². The fourth-order valence-electron chi connectivity index (χ4n) is 1.84. The van der Waals surface area contributed by atoms with Crippen LogP contribution in [0.4, 0.5) is 0 Å². The average Bonchev–Trinajstić information content (AvgIpc) is 2.04. The smallest absolute Gasteiger partial charge is 0.0221 e. The molecule has 1 saturated heterocycles. The van der Waals surface area contributed by atoms with E-state index in [0.29, 0.717) is 6.04 Å². The Hall–Kier alpha value is 0.210. The van der Waals surface area contributed by atoms with E-state index in [1.165, 1.54) is 19.5 Å². The predicted octanol–water partition coefficient (Wildman–Crippen LogP) is 1.50. The second-order valence-electron chi connectivity index (χ2n) is 3.60. The van der Waals surface area contributed by atoms with Gasteiger partial charge in [0.05, 0.1) is 0 Å². The Kier molecular flexibility index (Phi) is 5.89. The first-order valence-electron chi connectivity index (χ1n) is 4.72. The molecular weight excluding hydrogens is 172 g/mol. The second kappa shape index (κ2) is 5.79. The van der Waals surface area contributed by atoms with E-state index < -0.39 is 0 Å². The van der Waals surface area contributed by atoms with Gasteiger partial charge in [0.2, 0.25) is 0 Å². The first-order valence-corrected chi connectivity index (χ1v) is 4.72. The number of rotatable bonds is 2. The Morgan fingerprint density at radius 3 is 2.58 bits per heavy atom. The molecule has 1 rings (SSSR count). The molecule has 1 fully saturated rings.